The minimum Gasteiger partial charge on any atom is -0.504 e. The number of carbonyl (C=O) groups excluding carboxylic acids is 4. The van der Waals surface area contributed by atoms with Crippen molar-refractivity contribution in [1.82, 2.24) is 0 Å². The molecule has 6 atom stereocenters. The first-order valence-electron chi connectivity index (χ1n) is 14.0. The number of halogens is 3. The maximum absolute atomic E-state index is 14.4. The van der Waals surface area contributed by atoms with Gasteiger partial charge in [0.2, 0.25) is 11.8 Å². The van der Waals surface area contributed by atoms with Crippen molar-refractivity contribution in [2.75, 3.05) is 16.9 Å². The second-order valence-corrected chi connectivity index (χ2v) is 12.8. The van der Waals surface area contributed by atoms with Gasteiger partial charge in [-0.3, -0.25) is 24.1 Å². The molecule has 1 N–H and O–H groups in total. The van der Waals surface area contributed by atoms with Gasteiger partial charge >= 0.3 is 0 Å². The molecule has 2 saturated heterocycles. The fraction of sp³-hybridized carbons (Fsp3) is 0.273. The highest BCUT2D eigenvalue weighted by atomic mass is 35.5. The second kappa shape index (κ2) is 9.90. The molecule has 3 aromatic rings. The zero-order chi connectivity index (χ0) is 31.1. The quantitative estimate of drug-likeness (QED) is 0.237. The predicted molar refractivity (Wildman–Crippen MR) is 160 cm³/mol. The molecule has 2 aliphatic heterocycles. The first kappa shape index (κ1) is 28.6. The number of nitrogens with zero attached hydrogens (tertiary/aromatic N) is 2. The average molecular weight is 635 g/mol. The number of methoxy groups -OCH3 is 1. The molecule has 0 aromatic heterocycles. The molecule has 4 aliphatic rings. The number of fused-ring (bicyclic) bond motifs is 4. The number of aromatic hydroxyl groups is 1. The lowest BCUT2D eigenvalue weighted by molar-refractivity contribution is -0.125. The van der Waals surface area contributed by atoms with Crippen LogP contribution in [-0.2, 0) is 19.2 Å². The van der Waals surface area contributed by atoms with E-state index < -0.39 is 57.0 Å². The van der Waals surface area contributed by atoms with Gasteiger partial charge in [0.05, 0.1) is 30.3 Å². The van der Waals surface area contributed by atoms with Crippen molar-refractivity contribution in [2.24, 2.45) is 17.8 Å². The molecule has 7 rings (SSSR count). The molecule has 224 valence electrons. The molecule has 1 saturated carbocycles. The number of phenolic OH excluding ortho intramolecular Hbond substituents is 1. The standard InChI is InChI=1S/C33H25Cl2FN2O6/c1-44-25-15-17(7-14-24(25)39)27-21-12-13-22-26(29(41)37(28(22)40)19-5-3-2-4-6-19)23(21)16-32(34)30(42)38(31(43)33(27,32)35)20-10-8-18(36)9-11-20/h2-12,14-15,22-23,26-27,39H,13,16H2,1H3/t22-,23+,26-,27-,32+,33-/m0/s1. The van der Waals surface area contributed by atoms with E-state index in [2.05, 4.69) is 0 Å². The number of rotatable bonds is 4. The number of hydrogen-bond acceptors (Lipinski definition) is 6. The molecule has 44 heavy (non-hydrogen) atoms. The molecular weight excluding hydrogens is 610 g/mol. The molecular formula is C33H25Cl2FN2O6. The van der Waals surface area contributed by atoms with Crippen LogP contribution in [0.2, 0.25) is 0 Å². The van der Waals surface area contributed by atoms with Crippen molar-refractivity contribution in [2.45, 2.75) is 28.5 Å². The maximum atomic E-state index is 14.4. The van der Waals surface area contributed by atoms with Gasteiger partial charge in [-0.05, 0) is 72.9 Å². The zero-order valence-electron chi connectivity index (χ0n) is 23.2. The number of imide groups is 2. The summed E-state index contributed by atoms with van der Waals surface area (Å²) in [5.41, 5.74) is 1.56. The summed E-state index contributed by atoms with van der Waals surface area (Å²) in [7, 11) is 1.37. The van der Waals surface area contributed by atoms with Crippen molar-refractivity contribution >= 4 is 58.2 Å². The molecule has 2 heterocycles. The summed E-state index contributed by atoms with van der Waals surface area (Å²) in [6.45, 7) is 0. The molecule has 4 amide bonds. The third-order valence-corrected chi connectivity index (χ3v) is 10.9. The molecule has 0 radical (unpaired) electrons. The van der Waals surface area contributed by atoms with E-state index in [0.29, 0.717) is 16.8 Å². The third kappa shape index (κ3) is 3.69. The van der Waals surface area contributed by atoms with Gasteiger partial charge < -0.3 is 9.84 Å². The Morgan fingerprint density at radius 1 is 0.864 bits per heavy atom. The van der Waals surface area contributed by atoms with Crippen LogP contribution in [0.4, 0.5) is 15.8 Å². The first-order valence-corrected chi connectivity index (χ1v) is 14.8. The molecule has 0 unspecified atom stereocenters. The van der Waals surface area contributed by atoms with Crippen LogP contribution in [0.3, 0.4) is 0 Å². The van der Waals surface area contributed by atoms with Crippen LogP contribution in [0, 0.1) is 23.6 Å². The lowest BCUT2D eigenvalue weighted by Crippen LogP contribution is -2.60. The van der Waals surface area contributed by atoms with E-state index in [1.54, 1.807) is 36.4 Å². The topological polar surface area (TPSA) is 104 Å². The molecule has 0 spiro atoms. The van der Waals surface area contributed by atoms with Gasteiger partial charge in [0.25, 0.3) is 11.8 Å². The number of allylic oxidation sites excluding steroid dienone is 2. The van der Waals surface area contributed by atoms with Gasteiger partial charge in [-0.1, -0.05) is 35.9 Å². The van der Waals surface area contributed by atoms with E-state index in [1.807, 2.05) is 6.08 Å². The van der Waals surface area contributed by atoms with Gasteiger partial charge in [0.15, 0.2) is 21.2 Å². The summed E-state index contributed by atoms with van der Waals surface area (Å²) in [5, 5.41) is 10.4. The summed E-state index contributed by atoms with van der Waals surface area (Å²) in [4.78, 5) is 54.3. The molecule has 11 heteroatoms. The van der Waals surface area contributed by atoms with E-state index in [4.69, 9.17) is 27.9 Å². The summed E-state index contributed by atoms with van der Waals surface area (Å²) in [6.07, 6.45) is 1.84. The Balaban J connectivity index is 1.41. The summed E-state index contributed by atoms with van der Waals surface area (Å²) < 4.78 is 19.2. The number of para-hydroxylation sites is 1. The summed E-state index contributed by atoms with van der Waals surface area (Å²) >= 11 is 14.7. The fourth-order valence-corrected chi connectivity index (χ4v) is 8.41. The Hall–Kier alpha value is -4.21. The predicted octanol–water partition coefficient (Wildman–Crippen LogP) is 5.31. The highest BCUT2D eigenvalue weighted by Crippen LogP contribution is 2.66. The highest BCUT2D eigenvalue weighted by molar-refractivity contribution is 6.58. The molecule has 3 fully saturated rings. The van der Waals surface area contributed by atoms with Gasteiger partial charge in [-0.2, -0.15) is 0 Å². The summed E-state index contributed by atoms with van der Waals surface area (Å²) in [6, 6.07) is 17.9. The second-order valence-electron chi connectivity index (χ2n) is 11.5. The Bertz CT molecular complexity index is 1780. The van der Waals surface area contributed by atoms with Gasteiger partial charge in [-0.25, -0.2) is 9.29 Å². The minimum absolute atomic E-state index is 0.0927. The Morgan fingerprint density at radius 2 is 1.55 bits per heavy atom. The van der Waals surface area contributed by atoms with E-state index in [-0.39, 0.29) is 35.9 Å². The average Bonchev–Trinajstić information content (AvgIpc) is 3.36. The van der Waals surface area contributed by atoms with Gasteiger partial charge in [-0.15, -0.1) is 23.2 Å². The summed E-state index contributed by atoms with van der Waals surface area (Å²) in [5.74, 6) is -6.31. The third-order valence-electron chi connectivity index (χ3n) is 9.45. The van der Waals surface area contributed by atoms with Crippen LogP contribution in [0.25, 0.3) is 0 Å². The molecule has 8 nitrogen and oxygen atoms in total. The number of anilines is 2. The first-order chi connectivity index (χ1) is 21.0. The van der Waals surface area contributed by atoms with Crippen LogP contribution in [0.15, 0.2) is 84.4 Å². The zero-order valence-corrected chi connectivity index (χ0v) is 24.8. The van der Waals surface area contributed by atoms with Crippen LogP contribution in [0.5, 0.6) is 11.5 Å². The van der Waals surface area contributed by atoms with E-state index >= 15 is 0 Å². The van der Waals surface area contributed by atoms with Crippen molar-refractivity contribution in [3.63, 3.8) is 0 Å². The fourth-order valence-electron chi connectivity index (χ4n) is 7.48. The lowest BCUT2D eigenvalue weighted by atomic mass is 9.56. The molecule has 0 bridgehead atoms. The van der Waals surface area contributed by atoms with Crippen molar-refractivity contribution < 1.29 is 33.4 Å². The monoisotopic (exact) mass is 634 g/mol. The van der Waals surface area contributed by atoms with Crippen molar-refractivity contribution in [3.05, 3.63) is 95.8 Å². The lowest BCUT2D eigenvalue weighted by Gasteiger charge is -2.50. The van der Waals surface area contributed by atoms with Gasteiger partial charge in [0, 0.05) is 5.92 Å². The molecule has 2 aliphatic carbocycles. The number of phenols is 1. The van der Waals surface area contributed by atoms with Crippen LogP contribution in [0.1, 0.15) is 24.3 Å². The number of alkyl halides is 2. The number of amides is 4. The smallest absolute Gasteiger partial charge is 0.258 e. The maximum Gasteiger partial charge on any atom is 0.258 e. The normalized spacial score (nSPS) is 31.0. The van der Waals surface area contributed by atoms with Crippen LogP contribution >= 0.6 is 23.2 Å². The van der Waals surface area contributed by atoms with Crippen molar-refractivity contribution in [1.29, 1.82) is 0 Å². The number of carbonyl (C=O) groups is 4. The van der Waals surface area contributed by atoms with Gasteiger partial charge in [0.1, 0.15) is 5.82 Å². The Kier molecular flexibility index (Phi) is 6.43. The number of ether oxygens (including phenoxy) is 1. The molecule has 3 aromatic carbocycles. The largest absolute Gasteiger partial charge is 0.504 e. The van der Waals surface area contributed by atoms with E-state index in [1.165, 1.54) is 36.3 Å². The number of hydrogen-bond donors (Lipinski definition) is 1. The number of benzene rings is 3. The van der Waals surface area contributed by atoms with Crippen molar-refractivity contribution in [3.8, 4) is 11.5 Å². The van der Waals surface area contributed by atoms with E-state index in [9.17, 15) is 28.7 Å². The minimum atomic E-state index is -2.08. The Labute approximate surface area is 261 Å². The Morgan fingerprint density at radius 3 is 2.23 bits per heavy atom. The van der Waals surface area contributed by atoms with Crippen LogP contribution in [-0.4, -0.2) is 45.6 Å². The SMILES string of the molecule is COc1cc([C@H]2C3=CC[C@@H]4C(=O)N(c5ccccc5)C(=O)[C@@H]4[C@@H]3C[C@@]3(Cl)C(=O)N(c4ccc(F)cc4)C(=O)[C@@]23Cl)ccc1O. The highest BCUT2D eigenvalue weighted by Gasteiger charge is 2.76. The van der Waals surface area contributed by atoms with E-state index in [0.717, 1.165) is 17.0 Å². The van der Waals surface area contributed by atoms with Crippen LogP contribution < -0.4 is 14.5 Å².